The summed E-state index contributed by atoms with van der Waals surface area (Å²) >= 11 is 0. The molecule has 5 heteroatoms. The van der Waals surface area contributed by atoms with Crippen LogP contribution in [0.5, 0.6) is 5.75 Å². The second-order valence-corrected chi connectivity index (χ2v) is 4.46. The van der Waals surface area contributed by atoms with Crippen molar-refractivity contribution in [2.75, 3.05) is 6.54 Å². The van der Waals surface area contributed by atoms with Crippen LogP contribution < -0.4 is 4.74 Å². The zero-order valence-electron chi connectivity index (χ0n) is 10.3. The van der Waals surface area contributed by atoms with Crippen molar-refractivity contribution in [3.8, 4) is 5.75 Å². The smallest absolute Gasteiger partial charge is 0.335 e. The van der Waals surface area contributed by atoms with Gasteiger partial charge in [-0.05, 0) is 19.1 Å². The molecular weight excluding hydrogens is 234 g/mol. The van der Waals surface area contributed by atoms with Crippen LogP contribution in [0.4, 0.5) is 0 Å². The molecule has 96 valence electrons. The summed E-state index contributed by atoms with van der Waals surface area (Å²) in [6.45, 7) is 4.34. The van der Waals surface area contributed by atoms with Gasteiger partial charge in [-0.1, -0.05) is 6.07 Å². The van der Waals surface area contributed by atoms with Crippen LogP contribution in [0.3, 0.4) is 0 Å². The van der Waals surface area contributed by atoms with Crippen molar-refractivity contribution in [1.82, 2.24) is 4.90 Å². The van der Waals surface area contributed by atoms with E-state index in [0.29, 0.717) is 18.8 Å². The molecule has 0 saturated heterocycles. The zero-order valence-corrected chi connectivity index (χ0v) is 10.3. The van der Waals surface area contributed by atoms with Crippen LogP contribution in [0.25, 0.3) is 0 Å². The van der Waals surface area contributed by atoms with Gasteiger partial charge in [0.2, 0.25) is 5.91 Å². The SMILES string of the molecule is CC(=O)N1Cc2ccc(C(=O)O)cc2O[C@H](C)C1. The van der Waals surface area contributed by atoms with E-state index in [1.54, 1.807) is 11.0 Å². The summed E-state index contributed by atoms with van der Waals surface area (Å²) in [5, 5.41) is 8.94. The number of carbonyl (C=O) groups excluding carboxylic acids is 1. The highest BCUT2D eigenvalue weighted by Gasteiger charge is 2.22. The third-order valence-electron chi connectivity index (χ3n) is 2.93. The lowest BCUT2D eigenvalue weighted by Crippen LogP contribution is -2.34. The van der Waals surface area contributed by atoms with Gasteiger partial charge in [0.15, 0.2) is 0 Å². The predicted octanol–water partition coefficient (Wildman–Crippen LogP) is 1.51. The standard InChI is InChI=1S/C13H15NO4/c1-8-6-14(9(2)15)7-11-4-3-10(13(16)17)5-12(11)18-8/h3-5,8H,6-7H2,1-2H3,(H,16,17)/t8-/m1/s1. The van der Waals surface area contributed by atoms with Crippen LogP contribution in [0.2, 0.25) is 0 Å². The highest BCUT2D eigenvalue weighted by atomic mass is 16.5. The number of fused-ring (bicyclic) bond motifs is 1. The van der Waals surface area contributed by atoms with E-state index in [9.17, 15) is 9.59 Å². The van der Waals surface area contributed by atoms with Gasteiger partial charge in [0.25, 0.3) is 0 Å². The first-order valence-corrected chi connectivity index (χ1v) is 5.75. The third kappa shape index (κ3) is 2.45. The number of nitrogens with zero attached hydrogens (tertiary/aromatic N) is 1. The van der Waals surface area contributed by atoms with Gasteiger partial charge in [0.05, 0.1) is 12.1 Å². The average molecular weight is 249 g/mol. The van der Waals surface area contributed by atoms with Crippen molar-refractivity contribution < 1.29 is 19.4 Å². The number of carboxylic acids is 1. The fourth-order valence-electron chi connectivity index (χ4n) is 2.00. The first-order chi connectivity index (χ1) is 8.47. The maximum Gasteiger partial charge on any atom is 0.335 e. The van der Waals surface area contributed by atoms with E-state index in [1.807, 2.05) is 6.92 Å². The summed E-state index contributed by atoms with van der Waals surface area (Å²) in [4.78, 5) is 24.1. The summed E-state index contributed by atoms with van der Waals surface area (Å²) in [7, 11) is 0. The molecule has 0 spiro atoms. The number of aromatic carboxylic acids is 1. The minimum absolute atomic E-state index is 0.0133. The molecule has 18 heavy (non-hydrogen) atoms. The number of hydrogen-bond donors (Lipinski definition) is 1. The van der Waals surface area contributed by atoms with Crippen molar-refractivity contribution in [2.24, 2.45) is 0 Å². The van der Waals surface area contributed by atoms with E-state index >= 15 is 0 Å². The summed E-state index contributed by atoms with van der Waals surface area (Å²) in [6, 6.07) is 4.74. The van der Waals surface area contributed by atoms with Gasteiger partial charge in [-0.25, -0.2) is 4.79 Å². The minimum atomic E-state index is -0.985. The van der Waals surface area contributed by atoms with Gasteiger partial charge >= 0.3 is 5.97 Å². The van der Waals surface area contributed by atoms with E-state index in [2.05, 4.69) is 0 Å². The first-order valence-electron chi connectivity index (χ1n) is 5.75. The molecule has 1 amide bonds. The Morgan fingerprint density at radius 2 is 2.17 bits per heavy atom. The molecule has 0 aromatic heterocycles. The van der Waals surface area contributed by atoms with Crippen LogP contribution >= 0.6 is 0 Å². The Labute approximate surface area is 105 Å². The highest BCUT2D eigenvalue weighted by Crippen LogP contribution is 2.26. The minimum Gasteiger partial charge on any atom is -0.488 e. The summed E-state index contributed by atoms with van der Waals surface area (Å²) in [5.74, 6) is -0.450. The number of carbonyl (C=O) groups is 2. The first kappa shape index (κ1) is 12.4. The maximum atomic E-state index is 11.5. The normalized spacial score (nSPS) is 18.6. The van der Waals surface area contributed by atoms with Crippen LogP contribution in [0.15, 0.2) is 18.2 Å². The van der Waals surface area contributed by atoms with E-state index in [1.165, 1.54) is 19.1 Å². The Kier molecular flexibility index (Phi) is 3.23. The number of carboxylic acid groups (broad SMARTS) is 1. The van der Waals surface area contributed by atoms with Crippen LogP contribution in [0.1, 0.15) is 29.8 Å². The fraction of sp³-hybridized carbons (Fsp3) is 0.385. The molecular formula is C13H15NO4. The molecule has 0 unspecified atom stereocenters. The number of hydrogen-bond acceptors (Lipinski definition) is 3. The molecule has 0 saturated carbocycles. The second-order valence-electron chi connectivity index (χ2n) is 4.46. The molecule has 1 aliphatic heterocycles. The van der Waals surface area contributed by atoms with Gasteiger partial charge in [-0.15, -0.1) is 0 Å². The van der Waals surface area contributed by atoms with E-state index < -0.39 is 5.97 Å². The molecule has 1 atom stereocenters. The monoisotopic (exact) mass is 249 g/mol. The molecule has 1 heterocycles. The molecule has 1 aromatic rings. The van der Waals surface area contributed by atoms with Crippen LogP contribution in [0, 0.1) is 0 Å². The summed E-state index contributed by atoms with van der Waals surface area (Å²) in [6.07, 6.45) is -0.154. The lowest BCUT2D eigenvalue weighted by Gasteiger charge is -2.20. The Balaban J connectivity index is 2.37. The molecule has 0 bridgehead atoms. The van der Waals surface area contributed by atoms with Gasteiger partial charge in [-0.3, -0.25) is 4.79 Å². The Hall–Kier alpha value is -2.04. The van der Waals surface area contributed by atoms with Crippen LogP contribution in [-0.2, 0) is 11.3 Å². The molecule has 1 aliphatic rings. The second kappa shape index (κ2) is 4.68. The van der Waals surface area contributed by atoms with Crippen molar-refractivity contribution in [3.05, 3.63) is 29.3 Å². The lowest BCUT2D eigenvalue weighted by molar-refractivity contribution is -0.130. The Bertz CT molecular complexity index is 498. The predicted molar refractivity (Wildman–Crippen MR) is 64.6 cm³/mol. The van der Waals surface area contributed by atoms with Gasteiger partial charge in [0, 0.05) is 19.0 Å². The molecule has 0 fully saturated rings. The fourth-order valence-corrected chi connectivity index (χ4v) is 2.00. The van der Waals surface area contributed by atoms with E-state index in [4.69, 9.17) is 9.84 Å². The molecule has 0 radical (unpaired) electrons. The van der Waals surface area contributed by atoms with Crippen molar-refractivity contribution in [2.45, 2.75) is 26.5 Å². The Morgan fingerprint density at radius 1 is 1.44 bits per heavy atom. The van der Waals surface area contributed by atoms with E-state index in [-0.39, 0.29) is 17.6 Å². The number of rotatable bonds is 1. The van der Waals surface area contributed by atoms with Crippen molar-refractivity contribution in [3.63, 3.8) is 0 Å². The largest absolute Gasteiger partial charge is 0.488 e. The van der Waals surface area contributed by atoms with Gasteiger partial charge < -0.3 is 14.7 Å². The molecule has 2 rings (SSSR count). The van der Waals surface area contributed by atoms with Gasteiger partial charge in [0.1, 0.15) is 11.9 Å². The Morgan fingerprint density at radius 3 is 2.78 bits per heavy atom. The van der Waals surface area contributed by atoms with Crippen molar-refractivity contribution in [1.29, 1.82) is 0 Å². The molecule has 1 aromatic carbocycles. The van der Waals surface area contributed by atoms with Gasteiger partial charge in [-0.2, -0.15) is 0 Å². The average Bonchev–Trinajstić information content (AvgIpc) is 2.45. The molecule has 1 N–H and O–H groups in total. The molecule has 5 nitrogen and oxygen atoms in total. The summed E-state index contributed by atoms with van der Waals surface area (Å²) in [5.41, 5.74) is 1.02. The number of amides is 1. The van der Waals surface area contributed by atoms with E-state index in [0.717, 1.165) is 5.56 Å². The highest BCUT2D eigenvalue weighted by molar-refractivity contribution is 5.88. The summed E-state index contributed by atoms with van der Waals surface area (Å²) < 4.78 is 5.67. The zero-order chi connectivity index (χ0) is 13.3. The quantitative estimate of drug-likeness (QED) is 0.819. The van der Waals surface area contributed by atoms with Crippen molar-refractivity contribution >= 4 is 11.9 Å². The third-order valence-corrected chi connectivity index (χ3v) is 2.93. The topological polar surface area (TPSA) is 66.8 Å². The van der Waals surface area contributed by atoms with Crippen LogP contribution in [-0.4, -0.2) is 34.5 Å². The number of benzene rings is 1. The number of ether oxygens (including phenoxy) is 1. The molecule has 0 aliphatic carbocycles. The lowest BCUT2D eigenvalue weighted by atomic mass is 10.1. The maximum absolute atomic E-state index is 11.5.